The van der Waals surface area contributed by atoms with Crippen molar-refractivity contribution in [3.8, 4) is 17.3 Å². The van der Waals surface area contributed by atoms with Gasteiger partial charge in [-0.2, -0.15) is 5.26 Å². The third-order valence-electron chi connectivity index (χ3n) is 4.14. The number of aromatic nitrogens is 1. The minimum absolute atomic E-state index is 0.599. The monoisotopic (exact) mass is 358 g/mol. The minimum atomic E-state index is 0.599. The van der Waals surface area contributed by atoms with E-state index in [9.17, 15) is 5.26 Å². The fraction of sp³-hybridized carbons (Fsp3) is 0.217. The lowest BCUT2D eigenvalue weighted by Crippen LogP contribution is -1.93. The second-order valence-electron chi connectivity index (χ2n) is 6.91. The van der Waals surface area contributed by atoms with Crippen molar-refractivity contribution < 1.29 is 0 Å². The van der Waals surface area contributed by atoms with Crippen LogP contribution in [-0.4, -0.2) is 4.98 Å². The summed E-state index contributed by atoms with van der Waals surface area (Å²) in [6.07, 6.45) is 2.98. The van der Waals surface area contributed by atoms with E-state index in [0.29, 0.717) is 11.5 Å². The molecule has 3 heteroatoms. The Labute approximate surface area is 159 Å². The van der Waals surface area contributed by atoms with Gasteiger partial charge in [-0.3, -0.25) is 0 Å². The Kier molecular flexibility index (Phi) is 5.65. The molecule has 1 aromatic heterocycles. The van der Waals surface area contributed by atoms with Gasteiger partial charge in [0.25, 0.3) is 0 Å². The number of benzene rings is 2. The maximum atomic E-state index is 9.54. The van der Waals surface area contributed by atoms with E-state index in [1.165, 1.54) is 22.5 Å². The molecule has 0 bridgehead atoms. The number of nitriles is 1. The van der Waals surface area contributed by atoms with Crippen LogP contribution in [0.5, 0.6) is 0 Å². The van der Waals surface area contributed by atoms with E-state index in [1.54, 1.807) is 0 Å². The number of allylic oxidation sites excluding steroid dienone is 1. The normalized spacial score (nSPS) is 11.6. The van der Waals surface area contributed by atoms with Crippen LogP contribution in [0.4, 0.5) is 0 Å². The predicted molar refractivity (Wildman–Crippen MR) is 111 cm³/mol. The fourth-order valence-electron chi connectivity index (χ4n) is 2.78. The standard InChI is InChI=1S/C23H22N2S/c1-16(2)12-18-8-10-20(11-9-18)22-15-26-23(25-22)21(14-24)13-19-6-4-17(3)5-7-19/h4-11,13,15-16H,12H2,1-3H3/b21-13+. The van der Waals surface area contributed by atoms with Crippen LogP contribution < -0.4 is 0 Å². The van der Waals surface area contributed by atoms with E-state index < -0.39 is 0 Å². The molecular weight excluding hydrogens is 336 g/mol. The van der Waals surface area contributed by atoms with Gasteiger partial charge in [0.05, 0.1) is 11.3 Å². The molecule has 0 N–H and O–H groups in total. The third kappa shape index (κ3) is 4.47. The van der Waals surface area contributed by atoms with Crippen LogP contribution in [-0.2, 0) is 6.42 Å². The summed E-state index contributed by atoms with van der Waals surface area (Å²) in [6.45, 7) is 6.51. The molecule has 0 saturated carbocycles. The van der Waals surface area contributed by atoms with Gasteiger partial charge in [0.1, 0.15) is 11.1 Å². The Morgan fingerprint density at radius 1 is 1.12 bits per heavy atom. The van der Waals surface area contributed by atoms with Crippen molar-refractivity contribution in [2.45, 2.75) is 27.2 Å². The van der Waals surface area contributed by atoms with E-state index in [0.717, 1.165) is 28.2 Å². The van der Waals surface area contributed by atoms with Crippen LogP contribution >= 0.6 is 11.3 Å². The van der Waals surface area contributed by atoms with E-state index in [4.69, 9.17) is 0 Å². The molecule has 1 heterocycles. The van der Waals surface area contributed by atoms with E-state index in [-0.39, 0.29) is 0 Å². The first-order valence-corrected chi connectivity index (χ1v) is 9.67. The summed E-state index contributed by atoms with van der Waals surface area (Å²) in [5, 5.41) is 12.3. The number of aryl methyl sites for hydroxylation is 1. The topological polar surface area (TPSA) is 36.7 Å². The van der Waals surface area contributed by atoms with Gasteiger partial charge in [-0.05, 0) is 36.5 Å². The Morgan fingerprint density at radius 3 is 2.42 bits per heavy atom. The molecule has 0 atom stereocenters. The highest BCUT2D eigenvalue weighted by atomic mass is 32.1. The van der Waals surface area contributed by atoms with Crippen molar-refractivity contribution in [1.82, 2.24) is 4.98 Å². The fourth-order valence-corrected chi connectivity index (χ4v) is 3.58. The van der Waals surface area contributed by atoms with Crippen molar-refractivity contribution in [3.05, 3.63) is 75.6 Å². The molecule has 0 unspecified atom stereocenters. The van der Waals surface area contributed by atoms with Crippen LogP contribution in [0.2, 0.25) is 0 Å². The zero-order valence-electron chi connectivity index (χ0n) is 15.4. The van der Waals surface area contributed by atoms with Gasteiger partial charge >= 0.3 is 0 Å². The quantitative estimate of drug-likeness (QED) is 0.496. The van der Waals surface area contributed by atoms with Crippen molar-refractivity contribution >= 4 is 23.0 Å². The summed E-state index contributed by atoms with van der Waals surface area (Å²) in [6, 6.07) is 19.0. The molecule has 0 amide bonds. The second-order valence-corrected chi connectivity index (χ2v) is 7.77. The first-order chi connectivity index (χ1) is 12.5. The van der Waals surface area contributed by atoms with Gasteiger partial charge in [0.15, 0.2) is 0 Å². The van der Waals surface area contributed by atoms with Crippen LogP contribution in [0.1, 0.15) is 35.5 Å². The van der Waals surface area contributed by atoms with E-state index >= 15 is 0 Å². The Morgan fingerprint density at radius 2 is 1.81 bits per heavy atom. The zero-order chi connectivity index (χ0) is 18.5. The molecule has 0 aliphatic carbocycles. The van der Waals surface area contributed by atoms with Crippen molar-refractivity contribution in [1.29, 1.82) is 5.26 Å². The lowest BCUT2D eigenvalue weighted by atomic mass is 10.0. The number of nitrogens with zero attached hydrogens (tertiary/aromatic N) is 2. The molecule has 0 fully saturated rings. The van der Waals surface area contributed by atoms with Crippen LogP contribution in [0.15, 0.2) is 53.9 Å². The zero-order valence-corrected chi connectivity index (χ0v) is 16.2. The largest absolute Gasteiger partial charge is 0.235 e. The highest BCUT2D eigenvalue weighted by Crippen LogP contribution is 2.27. The number of thiazole rings is 1. The van der Waals surface area contributed by atoms with Gasteiger partial charge in [0.2, 0.25) is 0 Å². The molecular formula is C23H22N2S. The third-order valence-corrected chi connectivity index (χ3v) is 5.01. The van der Waals surface area contributed by atoms with Crippen molar-refractivity contribution in [2.75, 3.05) is 0 Å². The summed E-state index contributed by atoms with van der Waals surface area (Å²) < 4.78 is 0. The molecule has 0 aliphatic rings. The average Bonchev–Trinajstić information content (AvgIpc) is 3.11. The molecule has 26 heavy (non-hydrogen) atoms. The summed E-state index contributed by atoms with van der Waals surface area (Å²) in [5.74, 6) is 0.650. The molecule has 0 spiro atoms. The smallest absolute Gasteiger partial charge is 0.134 e. The van der Waals surface area contributed by atoms with Gasteiger partial charge < -0.3 is 0 Å². The SMILES string of the molecule is Cc1ccc(/C=C(\C#N)c2nc(-c3ccc(CC(C)C)cc3)cs2)cc1. The molecule has 3 aromatic rings. The molecule has 3 rings (SSSR count). The highest BCUT2D eigenvalue weighted by Gasteiger charge is 2.09. The lowest BCUT2D eigenvalue weighted by molar-refractivity contribution is 0.647. The van der Waals surface area contributed by atoms with Crippen LogP contribution in [0.25, 0.3) is 22.9 Å². The van der Waals surface area contributed by atoms with Gasteiger partial charge in [-0.1, -0.05) is 67.9 Å². The van der Waals surface area contributed by atoms with Crippen LogP contribution in [0, 0.1) is 24.2 Å². The molecule has 130 valence electrons. The van der Waals surface area contributed by atoms with Crippen LogP contribution in [0.3, 0.4) is 0 Å². The van der Waals surface area contributed by atoms with Gasteiger partial charge in [-0.25, -0.2) is 4.98 Å². The van der Waals surface area contributed by atoms with E-state index in [1.807, 2.05) is 35.7 Å². The molecule has 0 radical (unpaired) electrons. The number of hydrogen-bond donors (Lipinski definition) is 0. The molecule has 0 aliphatic heterocycles. The summed E-state index contributed by atoms with van der Waals surface area (Å²) in [5.41, 5.74) is 6.18. The maximum absolute atomic E-state index is 9.54. The lowest BCUT2D eigenvalue weighted by Gasteiger charge is -2.05. The first kappa shape index (κ1) is 18.1. The Bertz CT molecular complexity index is 939. The Hall–Kier alpha value is -2.70. The maximum Gasteiger partial charge on any atom is 0.134 e. The average molecular weight is 359 g/mol. The van der Waals surface area contributed by atoms with Gasteiger partial charge in [-0.15, -0.1) is 11.3 Å². The first-order valence-electron chi connectivity index (χ1n) is 8.79. The number of hydrogen-bond acceptors (Lipinski definition) is 3. The summed E-state index contributed by atoms with van der Waals surface area (Å²) >= 11 is 1.51. The molecule has 0 saturated heterocycles. The molecule has 2 nitrogen and oxygen atoms in total. The number of rotatable bonds is 5. The van der Waals surface area contributed by atoms with Crippen molar-refractivity contribution in [3.63, 3.8) is 0 Å². The summed E-state index contributed by atoms with van der Waals surface area (Å²) in [4.78, 5) is 4.68. The second kappa shape index (κ2) is 8.12. The highest BCUT2D eigenvalue weighted by molar-refractivity contribution is 7.11. The van der Waals surface area contributed by atoms with Gasteiger partial charge in [0, 0.05) is 10.9 Å². The minimum Gasteiger partial charge on any atom is -0.235 e. The van der Waals surface area contributed by atoms with E-state index in [2.05, 4.69) is 56.1 Å². The summed E-state index contributed by atoms with van der Waals surface area (Å²) in [7, 11) is 0. The molecule has 2 aromatic carbocycles. The predicted octanol–water partition coefficient (Wildman–Crippen LogP) is 6.38. The van der Waals surface area contributed by atoms with Crippen molar-refractivity contribution in [2.24, 2.45) is 5.92 Å². The Balaban J connectivity index is 1.84.